The van der Waals surface area contributed by atoms with Gasteiger partial charge in [0.1, 0.15) is 13.2 Å². The van der Waals surface area contributed by atoms with Gasteiger partial charge in [0, 0.05) is 25.1 Å². The molecule has 1 aromatic rings. The number of ether oxygens (including phenoxy) is 2. The molecular formula is C19H29ClN2O5S. The Bertz CT molecular complexity index is 766. The Kier molecular flexibility index (Phi) is 8.39. The molecule has 0 saturated heterocycles. The Balaban J connectivity index is 0.00000280. The van der Waals surface area contributed by atoms with Crippen LogP contribution in [0.1, 0.15) is 38.5 Å². The molecule has 0 bridgehead atoms. The summed E-state index contributed by atoms with van der Waals surface area (Å²) in [5.74, 6) is 0.836. The Hall–Kier alpha value is -1.51. The van der Waals surface area contributed by atoms with Crippen molar-refractivity contribution in [3.63, 3.8) is 0 Å². The minimum absolute atomic E-state index is 0. The van der Waals surface area contributed by atoms with Gasteiger partial charge in [-0.2, -0.15) is 0 Å². The van der Waals surface area contributed by atoms with Crippen LogP contribution in [0.2, 0.25) is 0 Å². The van der Waals surface area contributed by atoms with Gasteiger partial charge in [-0.05, 0) is 30.9 Å². The molecule has 1 aromatic carbocycles. The van der Waals surface area contributed by atoms with Gasteiger partial charge in [0.05, 0.1) is 10.6 Å². The first kappa shape index (κ1) is 22.8. The number of nitrogens with two attached hydrogens (primary N) is 1. The summed E-state index contributed by atoms with van der Waals surface area (Å²) in [7, 11) is -3.58. The number of nitrogens with one attached hydrogen (secondary N) is 1. The van der Waals surface area contributed by atoms with Crippen LogP contribution in [0.3, 0.4) is 0 Å². The number of hydrogen-bond donors (Lipinski definition) is 2. The molecule has 3 rings (SSSR count). The molecule has 28 heavy (non-hydrogen) atoms. The van der Waals surface area contributed by atoms with E-state index < -0.39 is 9.84 Å². The standard InChI is InChI=1S/C19H28N2O5S.ClH/c20-13-16(14-4-2-1-3-5-14)21-19(22)8-11-27(23,24)15-6-7-17-18(12-15)26-10-9-25-17;/h6-7,12,14,16H,1-5,8-11,13,20H2,(H,21,22);1H. The Labute approximate surface area is 172 Å². The first-order chi connectivity index (χ1) is 13.0. The number of carbonyl (C=O) groups excluding carboxylic acids is 1. The molecule has 1 amide bonds. The lowest BCUT2D eigenvalue weighted by Gasteiger charge is -2.30. The minimum Gasteiger partial charge on any atom is -0.486 e. The molecule has 7 nitrogen and oxygen atoms in total. The van der Waals surface area contributed by atoms with Crippen LogP contribution in [0, 0.1) is 5.92 Å². The lowest BCUT2D eigenvalue weighted by Crippen LogP contribution is -2.46. The molecule has 1 aliphatic heterocycles. The maximum atomic E-state index is 12.6. The van der Waals surface area contributed by atoms with Crippen molar-refractivity contribution in [3.8, 4) is 11.5 Å². The lowest BCUT2D eigenvalue weighted by atomic mass is 9.84. The third-order valence-electron chi connectivity index (χ3n) is 5.29. The number of amides is 1. The van der Waals surface area contributed by atoms with E-state index in [0.29, 0.717) is 37.2 Å². The summed E-state index contributed by atoms with van der Waals surface area (Å²) in [6.45, 7) is 1.22. The predicted octanol–water partition coefficient (Wildman–Crippen LogP) is 2.07. The first-order valence-electron chi connectivity index (χ1n) is 9.61. The molecule has 0 radical (unpaired) electrons. The SMILES string of the molecule is Cl.NCC(NC(=O)CCS(=O)(=O)c1ccc2c(c1)OCCO2)C1CCCCC1. The summed E-state index contributed by atoms with van der Waals surface area (Å²) < 4.78 is 36.0. The van der Waals surface area contributed by atoms with E-state index in [1.54, 1.807) is 6.07 Å². The topological polar surface area (TPSA) is 108 Å². The molecule has 9 heteroatoms. The fourth-order valence-electron chi connectivity index (χ4n) is 3.75. The highest BCUT2D eigenvalue weighted by Gasteiger charge is 2.25. The van der Waals surface area contributed by atoms with E-state index in [1.165, 1.54) is 18.6 Å². The third-order valence-corrected chi connectivity index (χ3v) is 7.00. The largest absolute Gasteiger partial charge is 0.486 e. The molecule has 3 N–H and O–H groups in total. The highest BCUT2D eigenvalue weighted by molar-refractivity contribution is 7.91. The maximum absolute atomic E-state index is 12.6. The fraction of sp³-hybridized carbons (Fsp3) is 0.632. The average Bonchev–Trinajstić information content (AvgIpc) is 2.71. The van der Waals surface area contributed by atoms with Crippen molar-refractivity contribution < 1.29 is 22.7 Å². The molecular weight excluding hydrogens is 404 g/mol. The van der Waals surface area contributed by atoms with E-state index in [1.807, 2.05) is 0 Å². The van der Waals surface area contributed by atoms with Gasteiger partial charge in [0.25, 0.3) is 0 Å². The van der Waals surface area contributed by atoms with Gasteiger partial charge in [-0.25, -0.2) is 8.42 Å². The molecule has 0 aromatic heterocycles. The third kappa shape index (κ3) is 5.75. The van der Waals surface area contributed by atoms with Gasteiger partial charge in [-0.15, -0.1) is 12.4 Å². The number of benzene rings is 1. The predicted molar refractivity (Wildman–Crippen MR) is 109 cm³/mol. The normalized spacial score (nSPS) is 18.0. The second kappa shape index (κ2) is 10.3. The van der Waals surface area contributed by atoms with Crippen molar-refractivity contribution in [2.45, 2.75) is 49.5 Å². The first-order valence-corrected chi connectivity index (χ1v) is 11.3. The summed E-state index contributed by atoms with van der Waals surface area (Å²) in [6.07, 6.45) is 5.61. The average molecular weight is 433 g/mol. The van der Waals surface area contributed by atoms with E-state index >= 15 is 0 Å². The van der Waals surface area contributed by atoms with Crippen molar-refractivity contribution in [3.05, 3.63) is 18.2 Å². The second-order valence-electron chi connectivity index (χ2n) is 7.18. The molecule has 1 atom stereocenters. The van der Waals surface area contributed by atoms with Crippen molar-refractivity contribution in [2.75, 3.05) is 25.5 Å². The van der Waals surface area contributed by atoms with Crippen molar-refractivity contribution in [1.82, 2.24) is 5.32 Å². The zero-order valence-corrected chi connectivity index (χ0v) is 17.5. The monoisotopic (exact) mass is 432 g/mol. The van der Waals surface area contributed by atoms with Gasteiger partial charge >= 0.3 is 0 Å². The van der Waals surface area contributed by atoms with E-state index in [2.05, 4.69) is 5.32 Å². The molecule has 1 fully saturated rings. The summed E-state index contributed by atoms with van der Waals surface area (Å²) in [5.41, 5.74) is 5.83. The smallest absolute Gasteiger partial charge is 0.221 e. The minimum atomic E-state index is -3.58. The summed E-state index contributed by atoms with van der Waals surface area (Å²) >= 11 is 0. The molecule has 1 saturated carbocycles. The Morgan fingerprint density at radius 2 is 1.82 bits per heavy atom. The van der Waals surface area contributed by atoms with Crippen LogP contribution >= 0.6 is 12.4 Å². The summed E-state index contributed by atoms with van der Waals surface area (Å²) in [6, 6.07) is 4.47. The number of fused-ring (bicyclic) bond motifs is 1. The van der Waals surface area contributed by atoms with Crippen LogP contribution < -0.4 is 20.5 Å². The van der Waals surface area contributed by atoms with E-state index in [9.17, 15) is 13.2 Å². The van der Waals surface area contributed by atoms with E-state index in [4.69, 9.17) is 15.2 Å². The number of halogens is 1. The van der Waals surface area contributed by atoms with Gasteiger partial charge in [0.2, 0.25) is 5.91 Å². The van der Waals surface area contributed by atoms with Gasteiger partial charge in [-0.3, -0.25) is 4.79 Å². The van der Waals surface area contributed by atoms with E-state index in [0.717, 1.165) is 25.7 Å². The van der Waals surface area contributed by atoms with Gasteiger partial charge < -0.3 is 20.5 Å². The molecule has 1 unspecified atom stereocenters. The molecule has 158 valence electrons. The van der Waals surface area contributed by atoms with Crippen molar-refractivity contribution in [2.24, 2.45) is 11.7 Å². The van der Waals surface area contributed by atoms with E-state index in [-0.39, 0.29) is 41.4 Å². The molecule has 1 aliphatic carbocycles. The Morgan fingerprint density at radius 1 is 1.14 bits per heavy atom. The number of hydrogen-bond acceptors (Lipinski definition) is 6. The maximum Gasteiger partial charge on any atom is 0.221 e. The van der Waals surface area contributed by atoms with Crippen LogP contribution in [0.4, 0.5) is 0 Å². The number of sulfone groups is 1. The zero-order valence-electron chi connectivity index (χ0n) is 15.9. The van der Waals surface area contributed by atoms with Gasteiger partial charge in [0.15, 0.2) is 21.3 Å². The number of carbonyl (C=O) groups is 1. The highest BCUT2D eigenvalue weighted by atomic mass is 35.5. The van der Waals surface area contributed by atoms with Crippen LogP contribution in [0.25, 0.3) is 0 Å². The van der Waals surface area contributed by atoms with Crippen LogP contribution in [0.15, 0.2) is 23.1 Å². The molecule has 1 heterocycles. The molecule has 2 aliphatic rings. The van der Waals surface area contributed by atoms with Crippen molar-refractivity contribution >= 4 is 28.2 Å². The Morgan fingerprint density at radius 3 is 2.50 bits per heavy atom. The second-order valence-corrected chi connectivity index (χ2v) is 9.29. The summed E-state index contributed by atoms with van der Waals surface area (Å²) in [4.78, 5) is 12.4. The molecule has 0 spiro atoms. The fourth-order valence-corrected chi connectivity index (χ4v) is 5.00. The van der Waals surface area contributed by atoms with Crippen molar-refractivity contribution in [1.29, 1.82) is 0 Å². The van der Waals surface area contributed by atoms with Gasteiger partial charge in [-0.1, -0.05) is 19.3 Å². The summed E-state index contributed by atoms with van der Waals surface area (Å²) in [5, 5.41) is 2.94. The van der Waals surface area contributed by atoms with Crippen LogP contribution in [0.5, 0.6) is 11.5 Å². The lowest BCUT2D eigenvalue weighted by molar-refractivity contribution is -0.121. The van der Waals surface area contributed by atoms with Crippen LogP contribution in [-0.2, 0) is 14.6 Å². The number of rotatable bonds is 7. The highest BCUT2D eigenvalue weighted by Crippen LogP contribution is 2.32. The zero-order chi connectivity index (χ0) is 19.3. The van der Waals surface area contributed by atoms with Crippen LogP contribution in [-0.4, -0.2) is 45.9 Å². The quantitative estimate of drug-likeness (QED) is 0.682.